The molecule has 0 saturated heterocycles. The van der Waals surface area contributed by atoms with Gasteiger partial charge in [0.2, 0.25) is 5.91 Å². The van der Waals surface area contributed by atoms with Gasteiger partial charge in [-0.05, 0) is 6.07 Å². The molecular weight excluding hydrogens is 238 g/mol. The zero-order valence-corrected chi connectivity index (χ0v) is 10.8. The Morgan fingerprint density at radius 2 is 1.95 bits per heavy atom. The molecule has 1 aromatic heterocycles. The molecular formula is C15H17N3O. The summed E-state index contributed by atoms with van der Waals surface area (Å²) in [5.41, 5.74) is 1.73. The van der Waals surface area contributed by atoms with E-state index in [0.717, 1.165) is 16.6 Å². The smallest absolute Gasteiger partial charge is 0.229 e. The van der Waals surface area contributed by atoms with Crippen LogP contribution in [0.3, 0.4) is 0 Å². The van der Waals surface area contributed by atoms with Gasteiger partial charge < -0.3 is 4.90 Å². The molecule has 0 aliphatic rings. The maximum atomic E-state index is 12.2. The molecule has 4 heteroatoms. The van der Waals surface area contributed by atoms with Gasteiger partial charge in [-0.2, -0.15) is 5.10 Å². The lowest BCUT2D eigenvalue weighted by Gasteiger charge is -2.18. The van der Waals surface area contributed by atoms with Gasteiger partial charge in [0, 0.05) is 18.5 Å². The first-order valence-electron chi connectivity index (χ1n) is 6.17. The Kier molecular flexibility index (Phi) is 4.13. The number of fused-ring (bicyclic) bond motifs is 1. The van der Waals surface area contributed by atoms with Gasteiger partial charge in [-0.3, -0.25) is 9.89 Å². The maximum Gasteiger partial charge on any atom is 0.229 e. The van der Waals surface area contributed by atoms with Crippen molar-refractivity contribution in [2.24, 2.45) is 0 Å². The zero-order chi connectivity index (χ0) is 13.7. The van der Waals surface area contributed by atoms with Crippen LogP contribution < -0.4 is 0 Å². The van der Waals surface area contributed by atoms with Crippen molar-refractivity contribution >= 4 is 16.8 Å². The van der Waals surface area contributed by atoms with E-state index < -0.39 is 0 Å². The Labute approximate surface area is 112 Å². The highest BCUT2D eigenvalue weighted by Crippen LogP contribution is 2.16. The van der Waals surface area contributed by atoms with Crippen molar-refractivity contribution in [3.8, 4) is 0 Å². The second kappa shape index (κ2) is 6.00. The molecule has 0 aliphatic carbocycles. The fourth-order valence-corrected chi connectivity index (χ4v) is 2.00. The van der Waals surface area contributed by atoms with Crippen LogP contribution in [0.4, 0.5) is 0 Å². The summed E-state index contributed by atoms with van der Waals surface area (Å²) in [6, 6.07) is 7.76. The molecule has 0 atom stereocenters. The summed E-state index contributed by atoms with van der Waals surface area (Å²) in [7, 11) is 0. The number of hydrogen-bond donors (Lipinski definition) is 1. The number of hydrogen-bond acceptors (Lipinski definition) is 2. The Balaban J connectivity index is 2.17. The van der Waals surface area contributed by atoms with Crippen molar-refractivity contribution in [2.45, 2.75) is 6.42 Å². The molecule has 0 fully saturated rings. The van der Waals surface area contributed by atoms with Gasteiger partial charge in [0.25, 0.3) is 0 Å². The molecule has 0 aliphatic heterocycles. The largest absolute Gasteiger partial charge is 0.335 e. The van der Waals surface area contributed by atoms with Crippen LogP contribution in [0.15, 0.2) is 49.6 Å². The summed E-state index contributed by atoms with van der Waals surface area (Å²) >= 11 is 0. The van der Waals surface area contributed by atoms with Crippen LogP contribution in [0.1, 0.15) is 5.69 Å². The number of nitrogens with one attached hydrogen (secondary N) is 1. The fourth-order valence-electron chi connectivity index (χ4n) is 2.00. The van der Waals surface area contributed by atoms with E-state index in [1.165, 1.54) is 0 Å². The molecule has 4 nitrogen and oxygen atoms in total. The lowest BCUT2D eigenvalue weighted by atomic mass is 10.1. The van der Waals surface area contributed by atoms with E-state index in [-0.39, 0.29) is 5.91 Å². The van der Waals surface area contributed by atoms with Crippen LogP contribution in [0, 0.1) is 0 Å². The quantitative estimate of drug-likeness (QED) is 0.805. The minimum absolute atomic E-state index is 0.0363. The SMILES string of the molecule is C=CCN(CC=C)C(=O)Cc1[nH]nc2ccccc12. The molecule has 19 heavy (non-hydrogen) atoms. The summed E-state index contributed by atoms with van der Waals surface area (Å²) < 4.78 is 0. The van der Waals surface area contributed by atoms with Crippen LogP contribution in [0.25, 0.3) is 10.9 Å². The average molecular weight is 255 g/mol. The molecule has 1 amide bonds. The summed E-state index contributed by atoms with van der Waals surface area (Å²) in [6.45, 7) is 8.38. The van der Waals surface area contributed by atoms with Crippen molar-refractivity contribution in [1.82, 2.24) is 15.1 Å². The van der Waals surface area contributed by atoms with Gasteiger partial charge in [-0.15, -0.1) is 13.2 Å². The first-order valence-corrected chi connectivity index (χ1v) is 6.17. The highest BCUT2D eigenvalue weighted by molar-refractivity contribution is 5.87. The molecule has 2 aromatic rings. The van der Waals surface area contributed by atoms with E-state index >= 15 is 0 Å². The number of carbonyl (C=O) groups is 1. The van der Waals surface area contributed by atoms with Gasteiger partial charge in [0.1, 0.15) is 0 Å². The molecule has 0 bridgehead atoms. The minimum Gasteiger partial charge on any atom is -0.335 e. The Morgan fingerprint density at radius 1 is 1.26 bits per heavy atom. The Bertz CT molecular complexity index is 590. The normalized spacial score (nSPS) is 10.3. The van der Waals surface area contributed by atoms with Crippen molar-refractivity contribution in [1.29, 1.82) is 0 Å². The molecule has 1 N–H and O–H groups in total. The number of aromatic nitrogens is 2. The molecule has 98 valence electrons. The summed E-state index contributed by atoms with van der Waals surface area (Å²) in [4.78, 5) is 13.9. The fraction of sp³-hybridized carbons (Fsp3) is 0.200. The molecule has 0 unspecified atom stereocenters. The first kappa shape index (κ1) is 13.1. The van der Waals surface area contributed by atoms with E-state index in [0.29, 0.717) is 19.5 Å². The number of nitrogens with zero attached hydrogens (tertiary/aromatic N) is 2. The number of aromatic amines is 1. The number of H-pyrrole nitrogens is 1. The third-order valence-electron chi connectivity index (χ3n) is 2.92. The van der Waals surface area contributed by atoms with Crippen LogP contribution in [-0.2, 0) is 11.2 Å². The van der Waals surface area contributed by atoms with Crippen molar-refractivity contribution in [2.75, 3.05) is 13.1 Å². The summed E-state index contributed by atoms with van der Waals surface area (Å²) in [6.07, 6.45) is 3.74. The van der Waals surface area contributed by atoms with Gasteiger partial charge >= 0.3 is 0 Å². The lowest BCUT2D eigenvalue weighted by molar-refractivity contribution is -0.129. The first-order chi connectivity index (χ1) is 9.26. The topological polar surface area (TPSA) is 49.0 Å². The predicted molar refractivity (Wildman–Crippen MR) is 76.8 cm³/mol. The number of benzene rings is 1. The van der Waals surface area contributed by atoms with Crippen molar-refractivity contribution in [3.63, 3.8) is 0 Å². The van der Waals surface area contributed by atoms with Crippen LogP contribution in [0.2, 0.25) is 0 Å². The molecule has 1 aromatic carbocycles. The second-order valence-corrected chi connectivity index (χ2v) is 4.27. The van der Waals surface area contributed by atoms with E-state index in [9.17, 15) is 4.79 Å². The van der Waals surface area contributed by atoms with Crippen LogP contribution in [-0.4, -0.2) is 34.1 Å². The molecule has 0 radical (unpaired) electrons. The van der Waals surface area contributed by atoms with Crippen molar-refractivity contribution in [3.05, 3.63) is 55.3 Å². The molecule has 0 spiro atoms. The lowest BCUT2D eigenvalue weighted by Crippen LogP contribution is -2.32. The molecule has 0 saturated carbocycles. The monoisotopic (exact) mass is 255 g/mol. The third-order valence-corrected chi connectivity index (χ3v) is 2.92. The third kappa shape index (κ3) is 2.91. The number of rotatable bonds is 6. The second-order valence-electron chi connectivity index (χ2n) is 4.27. The van der Waals surface area contributed by atoms with E-state index in [1.54, 1.807) is 17.1 Å². The number of amides is 1. The van der Waals surface area contributed by atoms with Gasteiger partial charge in [0.15, 0.2) is 0 Å². The van der Waals surface area contributed by atoms with Crippen molar-refractivity contribution < 1.29 is 4.79 Å². The average Bonchev–Trinajstić information content (AvgIpc) is 2.82. The van der Waals surface area contributed by atoms with E-state index in [1.807, 2.05) is 24.3 Å². The maximum absolute atomic E-state index is 12.2. The Morgan fingerprint density at radius 3 is 2.63 bits per heavy atom. The van der Waals surface area contributed by atoms with Crippen LogP contribution >= 0.6 is 0 Å². The molecule has 1 heterocycles. The standard InChI is InChI=1S/C15H17N3O/c1-3-9-18(10-4-2)15(19)11-14-12-7-5-6-8-13(12)16-17-14/h3-8H,1-2,9-11H2,(H,16,17). The zero-order valence-electron chi connectivity index (χ0n) is 10.8. The summed E-state index contributed by atoms with van der Waals surface area (Å²) in [5, 5.41) is 8.12. The number of para-hydroxylation sites is 1. The predicted octanol–water partition coefficient (Wildman–Crippen LogP) is 2.31. The number of carbonyl (C=O) groups excluding carboxylic acids is 1. The van der Waals surface area contributed by atoms with Gasteiger partial charge in [-0.1, -0.05) is 30.4 Å². The van der Waals surface area contributed by atoms with E-state index in [4.69, 9.17) is 0 Å². The van der Waals surface area contributed by atoms with E-state index in [2.05, 4.69) is 23.4 Å². The van der Waals surface area contributed by atoms with Gasteiger partial charge in [0.05, 0.1) is 17.6 Å². The highest BCUT2D eigenvalue weighted by Gasteiger charge is 2.14. The van der Waals surface area contributed by atoms with Crippen LogP contribution in [0.5, 0.6) is 0 Å². The molecule has 2 rings (SSSR count). The summed E-state index contributed by atoms with van der Waals surface area (Å²) in [5.74, 6) is 0.0363. The van der Waals surface area contributed by atoms with Gasteiger partial charge in [-0.25, -0.2) is 0 Å². The Hall–Kier alpha value is -2.36. The minimum atomic E-state index is 0.0363. The highest BCUT2D eigenvalue weighted by atomic mass is 16.2.